The molecule has 0 atom stereocenters. The first-order chi connectivity index (χ1) is 7.70. The highest BCUT2D eigenvalue weighted by Crippen LogP contribution is 2.25. The number of hydrogen-bond donors (Lipinski definition) is 2. The second-order valence-corrected chi connectivity index (χ2v) is 3.25. The third-order valence-electron chi connectivity index (χ3n) is 2.22. The number of anilines is 1. The minimum Gasteiger partial charge on any atom is -0.497 e. The first-order valence-corrected chi connectivity index (χ1v) is 4.70. The fourth-order valence-corrected chi connectivity index (χ4v) is 1.43. The summed E-state index contributed by atoms with van der Waals surface area (Å²) < 4.78 is 5.11. The molecule has 0 saturated carbocycles. The molecular formula is C11H11N3O2. The Hall–Kier alpha value is -2.30. The number of nitrogens with one attached hydrogen (secondary N) is 1. The summed E-state index contributed by atoms with van der Waals surface area (Å²) in [7, 11) is 1.59. The Kier molecular flexibility index (Phi) is 2.59. The number of nitrogens with zero attached hydrogens (tertiary/aromatic N) is 1. The van der Waals surface area contributed by atoms with Crippen LogP contribution < -0.4 is 16.2 Å². The summed E-state index contributed by atoms with van der Waals surface area (Å²) in [6.07, 6.45) is 1.45. The number of nitrogens with two attached hydrogens (primary N) is 1. The van der Waals surface area contributed by atoms with Gasteiger partial charge >= 0.3 is 5.69 Å². The maximum absolute atomic E-state index is 10.9. The Bertz CT molecular complexity index is 563. The zero-order chi connectivity index (χ0) is 11.5. The van der Waals surface area contributed by atoms with Crippen LogP contribution >= 0.6 is 0 Å². The highest BCUT2D eigenvalue weighted by atomic mass is 16.5. The van der Waals surface area contributed by atoms with Gasteiger partial charge in [-0.1, -0.05) is 12.1 Å². The number of benzene rings is 1. The van der Waals surface area contributed by atoms with Gasteiger partial charge in [-0.2, -0.15) is 0 Å². The lowest BCUT2D eigenvalue weighted by Crippen LogP contribution is -2.12. The number of aromatic amines is 1. The van der Waals surface area contributed by atoms with Crippen LogP contribution in [0.1, 0.15) is 0 Å². The Morgan fingerprint density at radius 2 is 2.25 bits per heavy atom. The molecule has 16 heavy (non-hydrogen) atoms. The van der Waals surface area contributed by atoms with Crippen molar-refractivity contribution in [3.63, 3.8) is 0 Å². The van der Waals surface area contributed by atoms with Crippen LogP contribution in [0.25, 0.3) is 11.1 Å². The van der Waals surface area contributed by atoms with Gasteiger partial charge in [0.05, 0.1) is 7.11 Å². The molecule has 1 aromatic heterocycles. The van der Waals surface area contributed by atoms with Gasteiger partial charge < -0.3 is 10.5 Å². The first kappa shape index (κ1) is 10.2. The molecule has 0 amide bonds. The second-order valence-electron chi connectivity index (χ2n) is 3.25. The van der Waals surface area contributed by atoms with Crippen molar-refractivity contribution in [3.05, 3.63) is 40.9 Å². The van der Waals surface area contributed by atoms with Gasteiger partial charge in [-0.25, -0.2) is 9.78 Å². The van der Waals surface area contributed by atoms with Gasteiger partial charge in [0.15, 0.2) is 0 Å². The van der Waals surface area contributed by atoms with Crippen LogP contribution in [0.15, 0.2) is 35.3 Å². The fourth-order valence-electron chi connectivity index (χ4n) is 1.43. The van der Waals surface area contributed by atoms with Crippen molar-refractivity contribution in [1.82, 2.24) is 9.97 Å². The highest BCUT2D eigenvalue weighted by Gasteiger charge is 2.04. The van der Waals surface area contributed by atoms with E-state index in [0.717, 1.165) is 11.3 Å². The van der Waals surface area contributed by atoms with E-state index >= 15 is 0 Å². The number of nitrogen functional groups attached to an aromatic ring is 1. The van der Waals surface area contributed by atoms with Gasteiger partial charge in [-0.05, 0) is 17.7 Å². The monoisotopic (exact) mass is 217 g/mol. The maximum Gasteiger partial charge on any atom is 0.346 e. The summed E-state index contributed by atoms with van der Waals surface area (Å²) in [5.74, 6) is 1.02. The molecule has 0 aliphatic heterocycles. The predicted molar refractivity (Wildman–Crippen MR) is 61.3 cm³/mol. The smallest absolute Gasteiger partial charge is 0.346 e. The Labute approximate surface area is 91.9 Å². The molecule has 0 aliphatic rings. The number of methoxy groups -OCH3 is 1. The van der Waals surface area contributed by atoms with E-state index in [1.807, 2.05) is 24.3 Å². The summed E-state index contributed by atoms with van der Waals surface area (Å²) in [4.78, 5) is 17.0. The van der Waals surface area contributed by atoms with Crippen molar-refractivity contribution in [2.24, 2.45) is 0 Å². The normalized spacial score (nSPS) is 10.1. The summed E-state index contributed by atoms with van der Waals surface area (Å²) in [6.45, 7) is 0. The summed E-state index contributed by atoms with van der Waals surface area (Å²) >= 11 is 0. The molecule has 0 spiro atoms. The molecule has 1 heterocycles. The van der Waals surface area contributed by atoms with Crippen molar-refractivity contribution >= 4 is 5.82 Å². The van der Waals surface area contributed by atoms with E-state index in [1.165, 1.54) is 6.20 Å². The van der Waals surface area contributed by atoms with Gasteiger partial charge in [0.1, 0.15) is 11.6 Å². The van der Waals surface area contributed by atoms with Crippen LogP contribution in [-0.4, -0.2) is 17.1 Å². The summed E-state index contributed by atoms with van der Waals surface area (Å²) in [5.41, 5.74) is 6.78. The average Bonchev–Trinajstić information content (AvgIpc) is 2.29. The van der Waals surface area contributed by atoms with Crippen LogP contribution in [0, 0.1) is 0 Å². The van der Waals surface area contributed by atoms with Crippen LogP contribution in [0.3, 0.4) is 0 Å². The average molecular weight is 217 g/mol. The zero-order valence-electron chi connectivity index (χ0n) is 8.73. The molecule has 0 radical (unpaired) electrons. The van der Waals surface area contributed by atoms with E-state index in [2.05, 4.69) is 9.97 Å². The van der Waals surface area contributed by atoms with Crippen LogP contribution in [0.2, 0.25) is 0 Å². The number of hydrogen-bond acceptors (Lipinski definition) is 4. The number of rotatable bonds is 2. The topological polar surface area (TPSA) is 81.0 Å². The Morgan fingerprint density at radius 1 is 1.44 bits per heavy atom. The third kappa shape index (κ3) is 1.88. The molecule has 2 rings (SSSR count). The van der Waals surface area contributed by atoms with Crippen LogP contribution in [-0.2, 0) is 0 Å². The molecule has 0 aliphatic carbocycles. The standard InChI is InChI=1S/C11H11N3O2/c1-16-8-4-2-3-7(5-8)9-6-13-11(15)14-10(9)12/h2-6H,1H3,(H3,12,13,14,15). The first-order valence-electron chi connectivity index (χ1n) is 4.70. The number of aromatic nitrogens is 2. The highest BCUT2D eigenvalue weighted by molar-refractivity contribution is 5.73. The molecule has 3 N–H and O–H groups in total. The minimum atomic E-state index is -0.454. The summed E-state index contributed by atoms with van der Waals surface area (Å²) in [6, 6.07) is 7.37. The van der Waals surface area contributed by atoms with E-state index in [4.69, 9.17) is 10.5 Å². The van der Waals surface area contributed by atoms with Gasteiger partial charge in [0.2, 0.25) is 0 Å². The summed E-state index contributed by atoms with van der Waals surface area (Å²) in [5, 5.41) is 0. The van der Waals surface area contributed by atoms with Crippen molar-refractivity contribution in [3.8, 4) is 16.9 Å². The number of ether oxygens (including phenoxy) is 1. The van der Waals surface area contributed by atoms with Crippen molar-refractivity contribution in [1.29, 1.82) is 0 Å². The van der Waals surface area contributed by atoms with Crippen molar-refractivity contribution < 1.29 is 4.74 Å². The quantitative estimate of drug-likeness (QED) is 0.787. The molecule has 82 valence electrons. The Morgan fingerprint density at radius 3 is 2.94 bits per heavy atom. The number of H-pyrrole nitrogens is 1. The molecular weight excluding hydrogens is 206 g/mol. The lowest BCUT2D eigenvalue weighted by molar-refractivity contribution is 0.415. The van der Waals surface area contributed by atoms with Crippen molar-refractivity contribution in [2.75, 3.05) is 12.8 Å². The van der Waals surface area contributed by atoms with E-state index in [9.17, 15) is 4.79 Å². The van der Waals surface area contributed by atoms with Gasteiger partial charge in [-0.3, -0.25) is 4.98 Å². The van der Waals surface area contributed by atoms with Crippen LogP contribution in [0.5, 0.6) is 5.75 Å². The molecule has 0 saturated heterocycles. The lowest BCUT2D eigenvalue weighted by atomic mass is 10.1. The predicted octanol–water partition coefficient (Wildman–Crippen LogP) is 1.03. The molecule has 0 unspecified atom stereocenters. The SMILES string of the molecule is COc1cccc(-c2cnc(=O)[nH]c2N)c1. The fraction of sp³-hybridized carbons (Fsp3) is 0.0909. The van der Waals surface area contributed by atoms with E-state index in [0.29, 0.717) is 11.4 Å². The maximum atomic E-state index is 10.9. The Balaban J connectivity index is 2.54. The lowest BCUT2D eigenvalue weighted by Gasteiger charge is -2.06. The van der Waals surface area contributed by atoms with Crippen LogP contribution in [0.4, 0.5) is 5.82 Å². The second kappa shape index (κ2) is 4.06. The molecule has 0 bridgehead atoms. The van der Waals surface area contributed by atoms with E-state index in [-0.39, 0.29) is 0 Å². The largest absolute Gasteiger partial charge is 0.497 e. The van der Waals surface area contributed by atoms with Gasteiger partial charge in [0, 0.05) is 11.8 Å². The van der Waals surface area contributed by atoms with Gasteiger partial charge in [-0.15, -0.1) is 0 Å². The van der Waals surface area contributed by atoms with E-state index < -0.39 is 5.69 Å². The van der Waals surface area contributed by atoms with E-state index in [1.54, 1.807) is 7.11 Å². The molecule has 5 nitrogen and oxygen atoms in total. The molecule has 1 aromatic carbocycles. The van der Waals surface area contributed by atoms with Gasteiger partial charge in [0.25, 0.3) is 0 Å². The van der Waals surface area contributed by atoms with Crippen molar-refractivity contribution in [2.45, 2.75) is 0 Å². The molecule has 5 heteroatoms. The minimum absolute atomic E-state index is 0.299. The third-order valence-corrected chi connectivity index (χ3v) is 2.22. The zero-order valence-corrected chi connectivity index (χ0v) is 8.73. The molecule has 2 aromatic rings. The molecule has 0 fully saturated rings.